The number of thiazole rings is 1. The van der Waals surface area contributed by atoms with Crippen molar-refractivity contribution in [1.82, 2.24) is 10.3 Å². The molecule has 1 heterocycles. The lowest BCUT2D eigenvalue weighted by molar-refractivity contribution is 0.0691. The molecule has 2 N–H and O–H groups in total. The van der Waals surface area contributed by atoms with Crippen LogP contribution in [0.5, 0.6) is 0 Å². The van der Waals surface area contributed by atoms with Gasteiger partial charge in [-0.1, -0.05) is 12.8 Å². The zero-order chi connectivity index (χ0) is 10.7. The largest absolute Gasteiger partial charge is 0.476 e. The highest BCUT2D eigenvalue weighted by molar-refractivity contribution is 7.09. The van der Waals surface area contributed by atoms with Gasteiger partial charge < -0.3 is 10.4 Å². The zero-order valence-corrected chi connectivity index (χ0v) is 9.22. The van der Waals surface area contributed by atoms with Gasteiger partial charge in [-0.05, 0) is 12.8 Å². The van der Waals surface area contributed by atoms with Gasteiger partial charge in [0.05, 0.1) is 0 Å². The number of carbonyl (C=O) groups is 1. The Morgan fingerprint density at radius 2 is 2.33 bits per heavy atom. The van der Waals surface area contributed by atoms with Gasteiger partial charge in [-0.2, -0.15) is 0 Å². The molecule has 1 aromatic heterocycles. The van der Waals surface area contributed by atoms with E-state index in [2.05, 4.69) is 10.3 Å². The van der Waals surface area contributed by atoms with E-state index in [0.717, 1.165) is 5.01 Å². The second-order valence-electron chi connectivity index (χ2n) is 3.79. The Labute approximate surface area is 92.3 Å². The van der Waals surface area contributed by atoms with E-state index in [-0.39, 0.29) is 5.69 Å². The number of hydrogen-bond acceptors (Lipinski definition) is 4. The average molecular weight is 226 g/mol. The van der Waals surface area contributed by atoms with Crippen LogP contribution in [0, 0.1) is 0 Å². The van der Waals surface area contributed by atoms with Crippen LogP contribution in [0.4, 0.5) is 0 Å². The second kappa shape index (κ2) is 4.72. The van der Waals surface area contributed by atoms with E-state index in [1.807, 2.05) is 0 Å². The van der Waals surface area contributed by atoms with Crippen molar-refractivity contribution in [2.24, 2.45) is 0 Å². The summed E-state index contributed by atoms with van der Waals surface area (Å²) >= 11 is 1.41. The van der Waals surface area contributed by atoms with Crippen LogP contribution in [0.15, 0.2) is 5.38 Å². The number of aromatic nitrogens is 1. The molecular weight excluding hydrogens is 212 g/mol. The molecule has 82 valence electrons. The summed E-state index contributed by atoms with van der Waals surface area (Å²) in [4.78, 5) is 14.6. The third-order valence-corrected chi connectivity index (χ3v) is 3.52. The molecule has 0 unspecified atom stereocenters. The highest BCUT2D eigenvalue weighted by atomic mass is 32.1. The molecule has 0 amide bonds. The molecule has 0 aromatic carbocycles. The van der Waals surface area contributed by atoms with Crippen molar-refractivity contribution >= 4 is 17.3 Å². The van der Waals surface area contributed by atoms with Gasteiger partial charge in [0, 0.05) is 18.0 Å². The van der Waals surface area contributed by atoms with Crippen LogP contribution in [0.1, 0.15) is 41.2 Å². The quantitative estimate of drug-likeness (QED) is 0.822. The van der Waals surface area contributed by atoms with Crippen molar-refractivity contribution in [2.45, 2.75) is 38.3 Å². The number of aromatic carboxylic acids is 1. The van der Waals surface area contributed by atoms with Gasteiger partial charge >= 0.3 is 5.97 Å². The van der Waals surface area contributed by atoms with Crippen LogP contribution >= 0.6 is 11.3 Å². The van der Waals surface area contributed by atoms with Crippen molar-refractivity contribution in [2.75, 3.05) is 0 Å². The van der Waals surface area contributed by atoms with Gasteiger partial charge in [-0.3, -0.25) is 0 Å². The Morgan fingerprint density at radius 3 is 2.93 bits per heavy atom. The first-order valence-electron chi connectivity index (χ1n) is 5.17. The van der Waals surface area contributed by atoms with Gasteiger partial charge in [-0.25, -0.2) is 9.78 Å². The van der Waals surface area contributed by atoms with Crippen molar-refractivity contribution in [3.63, 3.8) is 0 Å². The molecule has 0 atom stereocenters. The molecule has 15 heavy (non-hydrogen) atoms. The van der Waals surface area contributed by atoms with E-state index in [1.165, 1.54) is 37.0 Å². The predicted molar refractivity (Wildman–Crippen MR) is 58.2 cm³/mol. The molecule has 1 aliphatic rings. The van der Waals surface area contributed by atoms with Gasteiger partial charge in [0.25, 0.3) is 0 Å². The van der Waals surface area contributed by atoms with Crippen LogP contribution in [-0.2, 0) is 6.54 Å². The number of carboxylic acids is 1. The van der Waals surface area contributed by atoms with Crippen molar-refractivity contribution in [1.29, 1.82) is 0 Å². The molecule has 0 bridgehead atoms. The Morgan fingerprint density at radius 1 is 1.60 bits per heavy atom. The molecule has 0 radical (unpaired) electrons. The Bertz CT molecular complexity index is 345. The molecule has 5 heteroatoms. The lowest BCUT2D eigenvalue weighted by atomic mass is 10.2. The van der Waals surface area contributed by atoms with E-state index in [1.54, 1.807) is 5.38 Å². The lowest BCUT2D eigenvalue weighted by Crippen LogP contribution is -2.25. The third-order valence-electron chi connectivity index (χ3n) is 2.67. The summed E-state index contributed by atoms with van der Waals surface area (Å²) in [5.41, 5.74) is 0.156. The van der Waals surface area contributed by atoms with Gasteiger partial charge in [0.15, 0.2) is 5.69 Å². The summed E-state index contributed by atoms with van der Waals surface area (Å²) in [7, 11) is 0. The van der Waals surface area contributed by atoms with Crippen LogP contribution in [0.25, 0.3) is 0 Å². The molecule has 1 aliphatic carbocycles. The first-order valence-corrected chi connectivity index (χ1v) is 6.05. The highest BCUT2D eigenvalue weighted by Gasteiger charge is 2.15. The van der Waals surface area contributed by atoms with E-state index in [9.17, 15) is 4.79 Å². The standard InChI is InChI=1S/C10H14N2O2S/c13-10(14)8-6-15-9(12-8)5-11-7-3-1-2-4-7/h6-7,11H,1-5H2,(H,13,14). The maximum atomic E-state index is 10.6. The number of hydrogen-bond donors (Lipinski definition) is 2. The fourth-order valence-corrected chi connectivity index (χ4v) is 2.57. The SMILES string of the molecule is O=C(O)c1csc(CNC2CCCC2)n1. The van der Waals surface area contributed by atoms with E-state index < -0.39 is 5.97 Å². The van der Waals surface area contributed by atoms with Gasteiger partial charge in [-0.15, -0.1) is 11.3 Å². The summed E-state index contributed by atoms with van der Waals surface area (Å²) in [6.07, 6.45) is 5.07. The molecule has 0 saturated heterocycles. The van der Waals surface area contributed by atoms with Crippen LogP contribution in [-0.4, -0.2) is 22.1 Å². The fourth-order valence-electron chi connectivity index (χ4n) is 1.85. The molecule has 2 rings (SSSR count). The number of nitrogens with zero attached hydrogens (tertiary/aromatic N) is 1. The molecule has 1 saturated carbocycles. The Hall–Kier alpha value is -0.940. The third kappa shape index (κ3) is 2.76. The minimum Gasteiger partial charge on any atom is -0.476 e. The predicted octanol–water partition coefficient (Wildman–Crippen LogP) is 1.87. The van der Waals surface area contributed by atoms with E-state index in [4.69, 9.17) is 5.11 Å². The highest BCUT2D eigenvalue weighted by Crippen LogP contribution is 2.18. The van der Waals surface area contributed by atoms with E-state index >= 15 is 0 Å². The monoisotopic (exact) mass is 226 g/mol. The maximum absolute atomic E-state index is 10.6. The number of nitrogens with one attached hydrogen (secondary N) is 1. The average Bonchev–Trinajstić information content (AvgIpc) is 2.86. The lowest BCUT2D eigenvalue weighted by Gasteiger charge is -2.09. The summed E-state index contributed by atoms with van der Waals surface area (Å²) in [6, 6.07) is 0.599. The topological polar surface area (TPSA) is 62.2 Å². The summed E-state index contributed by atoms with van der Waals surface area (Å²) in [5, 5.41) is 14.6. The number of carboxylic acid groups (broad SMARTS) is 1. The van der Waals surface area contributed by atoms with Crippen molar-refractivity contribution in [3.05, 3.63) is 16.1 Å². The fraction of sp³-hybridized carbons (Fsp3) is 0.600. The van der Waals surface area contributed by atoms with Gasteiger partial charge in [0.1, 0.15) is 5.01 Å². The zero-order valence-electron chi connectivity index (χ0n) is 8.40. The molecular formula is C10H14N2O2S. The summed E-state index contributed by atoms with van der Waals surface area (Å²) in [6.45, 7) is 0.697. The molecule has 0 aliphatic heterocycles. The minimum atomic E-state index is -0.946. The smallest absolute Gasteiger partial charge is 0.355 e. The Kier molecular flexibility index (Phi) is 3.33. The molecule has 1 fully saturated rings. The number of rotatable bonds is 4. The van der Waals surface area contributed by atoms with Crippen LogP contribution in [0.2, 0.25) is 0 Å². The second-order valence-corrected chi connectivity index (χ2v) is 4.74. The van der Waals surface area contributed by atoms with Gasteiger partial charge in [0.2, 0.25) is 0 Å². The minimum absolute atomic E-state index is 0.156. The molecule has 1 aromatic rings. The van der Waals surface area contributed by atoms with Crippen molar-refractivity contribution in [3.8, 4) is 0 Å². The molecule has 0 spiro atoms. The van der Waals surface area contributed by atoms with Crippen molar-refractivity contribution < 1.29 is 9.90 Å². The van der Waals surface area contributed by atoms with Crippen LogP contribution < -0.4 is 5.32 Å². The first kappa shape index (κ1) is 10.6. The molecule has 4 nitrogen and oxygen atoms in total. The summed E-state index contributed by atoms with van der Waals surface area (Å²) < 4.78 is 0. The Balaban J connectivity index is 1.84. The van der Waals surface area contributed by atoms with Crippen LogP contribution in [0.3, 0.4) is 0 Å². The maximum Gasteiger partial charge on any atom is 0.355 e. The first-order chi connectivity index (χ1) is 7.25. The normalized spacial score (nSPS) is 17.1. The summed E-state index contributed by atoms with van der Waals surface area (Å²) in [5.74, 6) is -0.946. The van der Waals surface area contributed by atoms with E-state index in [0.29, 0.717) is 12.6 Å².